The number of ether oxygens (including phenoxy) is 1. The molecule has 3 N–H and O–H groups in total. The van der Waals surface area contributed by atoms with E-state index in [1.165, 1.54) is 11.1 Å². The maximum Gasteiger partial charge on any atom is 0.246 e. The molecule has 22 heavy (non-hydrogen) atoms. The lowest BCUT2D eigenvalue weighted by atomic mass is 9.98. The summed E-state index contributed by atoms with van der Waals surface area (Å²) < 4.78 is 5.25. The molecule has 1 aromatic carbocycles. The first kappa shape index (κ1) is 17.2. The summed E-state index contributed by atoms with van der Waals surface area (Å²) in [6, 6.07) is 6.19. The first-order valence-corrected chi connectivity index (χ1v) is 7.55. The molecule has 1 atom stereocenters. The molecule has 1 aromatic rings. The van der Waals surface area contributed by atoms with E-state index < -0.39 is 5.54 Å². The van der Waals surface area contributed by atoms with Crippen molar-refractivity contribution in [2.45, 2.75) is 24.8 Å². The van der Waals surface area contributed by atoms with Crippen LogP contribution in [0.2, 0.25) is 0 Å². The van der Waals surface area contributed by atoms with Gasteiger partial charge in [-0.1, -0.05) is 6.07 Å². The van der Waals surface area contributed by atoms with Crippen LogP contribution in [0.5, 0.6) is 0 Å². The highest BCUT2D eigenvalue weighted by Gasteiger charge is 2.38. The van der Waals surface area contributed by atoms with Gasteiger partial charge in [-0.2, -0.15) is 0 Å². The molecule has 2 aliphatic rings. The predicted molar refractivity (Wildman–Crippen MR) is 89.6 cm³/mol. The molecule has 1 saturated heterocycles. The third-order valence-electron chi connectivity index (χ3n) is 4.49. The fourth-order valence-electron chi connectivity index (χ4n) is 2.93. The molecular weight excluding hydrogens is 302 g/mol. The molecular formula is C16H24ClN3O2. The number of hydrogen-bond acceptors (Lipinski definition) is 4. The van der Waals surface area contributed by atoms with Crippen molar-refractivity contribution < 1.29 is 9.53 Å². The van der Waals surface area contributed by atoms with Gasteiger partial charge in [-0.25, -0.2) is 0 Å². The second-order valence-electron chi connectivity index (χ2n) is 6.20. The Kier molecular flexibility index (Phi) is 5.45. The van der Waals surface area contributed by atoms with Gasteiger partial charge in [0.05, 0.1) is 6.61 Å². The summed E-state index contributed by atoms with van der Waals surface area (Å²) >= 11 is 0. The van der Waals surface area contributed by atoms with Crippen molar-refractivity contribution in [3.05, 3.63) is 29.3 Å². The molecule has 2 aliphatic heterocycles. The lowest BCUT2D eigenvalue weighted by molar-refractivity contribution is -0.121. The first-order valence-electron chi connectivity index (χ1n) is 7.55. The molecule has 0 unspecified atom stereocenters. The fourth-order valence-corrected chi connectivity index (χ4v) is 2.93. The van der Waals surface area contributed by atoms with E-state index in [4.69, 9.17) is 10.5 Å². The van der Waals surface area contributed by atoms with Crippen molar-refractivity contribution in [1.82, 2.24) is 4.90 Å². The van der Waals surface area contributed by atoms with E-state index in [0.29, 0.717) is 19.6 Å². The highest BCUT2D eigenvalue weighted by Crippen LogP contribution is 2.22. The largest absolute Gasteiger partial charge is 0.379 e. The fraction of sp³-hybridized carbons (Fsp3) is 0.562. The van der Waals surface area contributed by atoms with Gasteiger partial charge in [-0.05, 0) is 49.6 Å². The van der Waals surface area contributed by atoms with Crippen LogP contribution in [0.3, 0.4) is 0 Å². The second-order valence-corrected chi connectivity index (χ2v) is 6.20. The number of halogens is 1. The van der Waals surface area contributed by atoms with Crippen LogP contribution >= 0.6 is 12.4 Å². The number of nitrogens with zero attached hydrogens (tertiary/aromatic N) is 1. The highest BCUT2D eigenvalue weighted by molar-refractivity contribution is 5.98. The minimum Gasteiger partial charge on any atom is -0.379 e. The minimum atomic E-state index is -0.882. The number of carbonyl (C=O) groups is 1. The van der Waals surface area contributed by atoms with Crippen LogP contribution in [0, 0.1) is 0 Å². The van der Waals surface area contributed by atoms with Gasteiger partial charge in [0.25, 0.3) is 0 Å². The van der Waals surface area contributed by atoms with Crippen molar-refractivity contribution in [3.63, 3.8) is 0 Å². The molecule has 0 spiro atoms. The summed E-state index contributed by atoms with van der Waals surface area (Å²) in [5.41, 5.74) is 8.74. The van der Waals surface area contributed by atoms with Crippen molar-refractivity contribution in [2.75, 3.05) is 38.7 Å². The quantitative estimate of drug-likeness (QED) is 0.857. The maximum atomic E-state index is 12.3. The molecule has 0 aromatic heterocycles. The Morgan fingerprint density at radius 1 is 1.32 bits per heavy atom. The number of carbonyl (C=O) groups excluding carboxylic acids is 1. The van der Waals surface area contributed by atoms with Gasteiger partial charge < -0.3 is 20.7 Å². The maximum absolute atomic E-state index is 12.3. The van der Waals surface area contributed by atoms with Crippen molar-refractivity contribution in [1.29, 1.82) is 0 Å². The zero-order chi connectivity index (χ0) is 14.9. The van der Waals surface area contributed by atoms with Gasteiger partial charge in [-0.15, -0.1) is 12.4 Å². The van der Waals surface area contributed by atoms with Crippen LogP contribution in [0.25, 0.3) is 0 Å². The van der Waals surface area contributed by atoms with Crippen LogP contribution in [0.1, 0.15) is 17.5 Å². The Morgan fingerprint density at radius 3 is 2.73 bits per heavy atom. The van der Waals surface area contributed by atoms with Gasteiger partial charge in [0.2, 0.25) is 5.91 Å². The zero-order valence-electron chi connectivity index (χ0n) is 12.9. The van der Waals surface area contributed by atoms with Gasteiger partial charge in [0, 0.05) is 25.4 Å². The third-order valence-corrected chi connectivity index (χ3v) is 4.49. The number of amides is 1. The van der Waals surface area contributed by atoms with Gasteiger partial charge in [0.1, 0.15) is 5.54 Å². The zero-order valence-corrected chi connectivity index (χ0v) is 13.7. The molecule has 6 heteroatoms. The van der Waals surface area contributed by atoms with E-state index in [9.17, 15) is 4.79 Å². The van der Waals surface area contributed by atoms with E-state index in [0.717, 1.165) is 31.6 Å². The number of nitrogens with one attached hydrogen (secondary N) is 1. The Hall–Kier alpha value is -1.14. The Morgan fingerprint density at radius 2 is 2.05 bits per heavy atom. The van der Waals surface area contributed by atoms with Crippen LogP contribution in [0.4, 0.5) is 5.69 Å². The van der Waals surface area contributed by atoms with E-state index >= 15 is 0 Å². The SMILES string of the molecule is CN1CCc2ccc(NC(=O)[C@]3(N)CCOC3)cc2CC1.Cl. The lowest BCUT2D eigenvalue weighted by Crippen LogP contribution is -2.51. The number of nitrogens with two attached hydrogens (primary N) is 1. The van der Waals surface area contributed by atoms with Crippen molar-refractivity contribution in [2.24, 2.45) is 5.73 Å². The van der Waals surface area contributed by atoms with E-state index in [1.807, 2.05) is 6.07 Å². The summed E-state index contributed by atoms with van der Waals surface area (Å²) in [6.45, 7) is 3.00. The summed E-state index contributed by atoms with van der Waals surface area (Å²) in [7, 11) is 2.15. The Bertz CT molecular complexity index is 544. The van der Waals surface area contributed by atoms with E-state index in [-0.39, 0.29) is 18.3 Å². The molecule has 5 nitrogen and oxygen atoms in total. The Balaban J connectivity index is 0.00000176. The molecule has 2 heterocycles. The first-order chi connectivity index (χ1) is 10.1. The van der Waals surface area contributed by atoms with Gasteiger partial charge >= 0.3 is 0 Å². The predicted octanol–water partition coefficient (Wildman–Crippen LogP) is 1.20. The van der Waals surface area contributed by atoms with E-state index in [1.54, 1.807) is 0 Å². The average molecular weight is 326 g/mol. The number of rotatable bonds is 2. The molecule has 0 bridgehead atoms. The number of hydrogen-bond donors (Lipinski definition) is 2. The van der Waals surface area contributed by atoms with Crippen molar-refractivity contribution >= 4 is 24.0 Å². The molecule has 1 fully saturated rings. The van der Waals surface area contributed by atoms with Gasteiger partial charge in [0.15, 0.2) is 0 Å². The highest BCUT2D eigenvalue weighted by atomic mass is 35.5. The summed E-state index contributed by atoms with van der Waals surface area (Å²) in [5, 5.41) is 2.95. The molecule has 0 aliphatic carbocycles. The standard InChI is InChI=1S/C16H23N3O2.ClH/c1-19-7-4-12-2-3-14(10-13(12)5-8-19)18-15(20)16(17)6-9-21-11-16;/h2-3,10H,4-9,11,17H2,1H3,(H,18,20);1H/t16-;/m0./s1. The number of fused-ring (bicyclic) bond motifs is 1. The van der Waals surface area contributed by atoms with Crippen LogP contribution in [0.15, 0.2) is 18.2 Å². The smallest absolute Gasteiger partial charge is 0.246 e. The molecule has 0 saturated carbocycles. The summed E-state index contributed by atoms with van der Waals surface area (Å²) in [6.07, 6.45) is 2.66. The van der Waals surface area contributed by atoms with Gasteiger partial charge in [-0.3, -0.25) is 4.79 Å². The van der Waals surface area contributed by atoms with Crippen LogP contribution in [-0.4, -0.2) is 49.7 Å². The van der Waals surface area contributed by atoms with Crippen LogP contribution < -0.4 is 11.1 Å². The topological polar surface area (TPSA) is 67.6 Å². The minimum absolute atomic E-state index is 0. The molecule has 3 rings (SSSR count). The van der Waals surface area contributed by atoms with Crippen LogP contribution in [-0.2, 0) is 22.4 Å². The monoisotopic (exact) mass is 325 g/mol. The average Bonchev–Trinajstić information content (AvgIpc) is 2.83. The Labute approximate surface area is 137 Å². The molecule has 1 amide bonds. The normalized spacial score (nSPS) is 25.0. The second kappa shape index (κ2) is 6.96. The lowest BCUT2D eigenvalue weighted by Gasteiger charge is -2.21. The summed E-state index contributed by atoms with van der Waals surface area (Å²) in [4.78, 5) is 14.6. The summed E-state index contributed by atoms with van der Waals surface area (Å²) in [5.74, 6) is -0.148. The molecule has 122 valence electrons. The van der Waals surface area contributed by atoms with E-state index in [2.05, 4.69) is 29.4 Å². The third kappa shape index (κ3) is 3.60. The molecule has 0 radical (unpaired) electrons. The number of likely N-dealkylation sites (N-methyl/N-ethyl adjacent to an activating group) is 1. The van der Waals surface area contributed by atoms with Crippen molar-refractivity contribution in [3.8, 4) is 0 Å². The number of anilines is 1. The number of benzene rings is 1.